The van der Waals surface area contributed by atoms with Gasteiger partial charge in [-0.2, -0.15) is 0 Å². The summed E-state index contributed by atoms with van der Waals surface area (Å²) in [6.07, 6.45) is 8.73. The number of hydrogen-bond donors (Lipinski definition) is 0. The van der Waals surface area contributed by atoms with Crippen molar-refractivity contribution in [2.75, 3.05) is 0 Å². The van der Waals surface area contributed by atoms with Crippen LogP contribution in [0.4, 0.5) is 0 Å². The predicted molar refractivity (Wildman–Crippen MR) is 150 cm³/mol. The number of rotatable bonds is 3. The molecule has 1 aliphatic carbocycles. The van der Waals surface area contributed by atoms with Crippen LogP contribution in [0, 0.1) is 12.8 Å². The highest BCUT2D eigenvalue weighted by molar-refractivity contribution is 6.16. The topological polar surface area (TPSA) is 13.1 Å². The van der Waals surface area contributed by atoms with Gasteiger partial charge in [-0.25, -0.2) is 4.57 Å². The van der Waals surface area contributed by atoms with Gasteiger partial charge < -0.3 is 4.74 Å². The number of hydrogen-bond acceptors (Lipinski definition) is 1. The third-order valence-corrected chi connectivity index (χ3v) is 8.84. The predicted octanol–water partition coefficient (Wildman–Crippen LogP) is 8.91. The summed E-state index contributed by atoms with van der Waals surface area (Å²) in [6, 6.07) is 20.5. The van der Waals surface area contributed by atoms with Gasteiger partial charge in [0, 0.05) is 17.0 Å². The molecule has 4 aromatic carbocycles. The number of aryl methyl sites for hydroxylation is 2. The molecule has 0 bridgehead atoms. The molecule has 2 heteroatoms. The van der Waals surface area contributed by atoms with Gasteiger partial charge >= 0.3 is 0 Å². The summed E-state index contributed by atoms with van der Waals surface area (Å²) in [6.45, 7) is 6.82. The fourth-order valence-corrected chi connectivity index (χ4v) is 6.87. The number of pyridine rings is 1. The van der Waals surface area contributed by atoms with Crippen molar-refractivity contribution in [2.24, 2.45) is 13.0 Å². The Morgan fingerprint density at radius 1 is 0.917 bits per heavy atom. The van der Waals surface area contributed by atoms with Crippen molar-refractivity contribution >= 4 is 32.3 Å². The largest absolute Gasteiger partial charge is 0.455 e. The van der Waals surface area contributed by atoms with Crippen LogP contribution in [-0.2, 0) is 13.5 Å². The number of benzene rings is 4. The molecular weight excluding hydrogens is 438 g/mol. The summed E-state index contributed by atoms with van der Waals surface area (Å²) < 4.78 is 9.32. The number of nitrogens with zero attached hydrogens (tertiary/aromatic N) is 1. The number of aromatic nitrogens is 1. The molecule has 1 saturated carbocycles. The van der Waals surface area contributed by atoms with Crippen LogP contribution in [0.1, 0.15) is 62.1 Å². The molecule has 0 saturated heterocycles. The molecule has 5 aromatic rings. The Morgan fingerprint density at radius 3 is 2.47 bits per heavy atom. The van der Waals surface area contributed by atoms with Crippen molar-refractivity contribution in [3.8, 4) is 22.8 Å². The van der Waals surface area contributed by atoms with Crippen LogP contribution in [0.15, 0.2) is 60.8 Å². The smallest absolute Gasteiger partial charge is 0.228 e. The molecule has 0 unspecified atom stereocenters. The second-order valence-corrected chi connectivity index (χ2v) is 11.4. The summed E-state index contributed by atoms with van der Waals surface area (Å²) in [4.78, 5) is 0. The average molecular weight is 473 g/mol. The molecule has 7 rings (SSSR count). The normalized spacial score (nSPS) is 15.2. The standard InChI is InChI=1S/C34H34NO/c1-20(2)23-13-14-24-19-30-32-27(28(24)18-23)15-16-35(4)33(32)31-21(3)25-11-7-8-12-26(25)29(34(31)36-30)17-22-9-5-6-10-22/h7-8,11-16,18-20,22H,5-6,9-10,17H2,1-4H3/q+1. The summed E-state index contributed by atoms with van der Waals surface area (Å²) in [5.41, 5.74) is 6.67. The summed E-state index contributed by atoms with van der Waals surface area (Å²) in [5.74, 6) is 3.34. The Kier molecular flexibility index (Phi) is 4.90. The minimum Gasteiger partial charge on any atom is -0.455 e. The first kappa shape index (κ1) is 21.9. The van der Waals surface area contributed by atoms with Crippen LogP contribution < -0.4 is 9.30 Å². The van der Waals surface area contributed by atoms with Crippen LogP contribution in [0.3, 0.4) is 0 Å². The highest BCUT2D eigenvalue weighted by atomic mass is 16.5. The van der Waals surface area contributed by atoms with E-state index in [1.807, 2.05) is 0 Å². The zero-order chi connectivity index (χ0) is 24.6. The summed E-state index contributed by atoms with van der Waals surface area (Å²) in [5, 5.41) is 7.82. The van der Waals surface area contributed by atoms with Crippen molar-refractivity contribution in [3.63, 3.8) is 0 Å². The lowest BCUT2D eigenvalue weighted by Crippen LogP contribution is -2.32. The van der Waals surface area contributed by atoms with Gasteiger partial charge in [0.2, 0.25) is 5.69 Å². The van der Waals surface area contributed by atoms with Crippen LogP contribution in [0.25, 0.3) is 43.6 Å². The Morgan fingerprint density at radius 2 is 1.69 bits per heavy atom. The van der Waals surface area contributed by atoms with E-state index in [4.69, 9.17) is 4.74 Å². The Labute approximate surface area is 213 Å². The van der Waals surface area contributed by atoms with E-state index in [-0.39, 0.29) is 0 Å². The third kappa shape index (κ3) is 3.13. The maximum Gasteiger partial charge on any atom is 0.228 e. The van der Waals surface area contributed by atoms with Crippen molar-refractivity contribution in [2.45, 2.75) is 58.8 Å². The highest BCUT2D eigenvalue weighted by Gasteiger charge is 2.34. The molecule has 1 aliphatic heterocycles. The third-order valence-electron chi connectivity index (χ3n) is 8.84. The molecule has 1 fully saturated rings. The van der Waals surface area contributed by atoms with Crippen molar-refractivity contribution in [1.29, 1.82) is 0 Å². The first-order valence-corrected chi connectivity index (χ1v) is 13.6. The molecule has 180 valence electrons. The van der Waals surface area contributed by atoms with E-state index in [0.29, 0.717) is 5.92 Å². The monoisotopic (exact) mass is 472 g/mol. The maximum absolute atomic E-state index is 7.01. The number of ether oxygens (including phenoxy) is 1. The van der Waals surface area contributed by atoms with Crippen molar-refractivity contribution in [1.82, 2.24) is 0 Å². The Bertz CT molecular complexity index is 1690. The van der Waals surface area contributed by atoms with Gasteiger partial charge in [-0.15, -0.1) is 0 Å². The zero-order valence-corrected chi connectivity index (χ0v) is 21.8. The molecule has 2 aliphatic rings. The molecule has 0 amide bonds. The van der Waals surface area contributed by atoms with E-state index >= 15 is 0 Å². The molecule has 2 nitrogen and oxygen atoms in total. The zero-order valence-electron chi connectivity index (χ0n) is 21.8. The van der Waals surface area contributed by atoms with E-state index < -0.39 is 0 Å². The molecular formula is C34H34NO+. The minimum absolute atomic E-state index is 0.500. The van der Waals surface area contributed by atoms with Gasteiger partial charge in [0.15, 0.2) is 6.20 Å². The molecule has 36 heavy (non-hydrogen) atoms. The minimum atomic E-state index is 0.500. The number of fused-ring (bicyclic) bond motifs is 5. The molecule has 2 heterocycles. The van der Waals surface area contributed by atoms with Crippen LogP contribution in [-0.4, -0.2) is 0 Å². The van der Waals surface area contributed by atoms with Crippen LogP contribution >= 0.6 is 0 Å². The summed E-state index contributed by atoms with van der Waals surface area (Å²) in [7, 11) is 2.19. The Balaban J connectivity index is 1.59. The van der Waals surface area contributed by atoms with E-state index in [1.165, 1.54) is 85.9 Å². The SMILES string of the molecule is Cc1c2c(c(CC3CCCC3)c3ccccc13)Oc1cc3ccc(C(C)C)cc3c3cc[n+](C)c-2c13. The van der Waals surface area contributed by atoms with E-state index in [0.717, 1.165) is 23.8 Å². The molecule has 1 aromatic heterocycles. The average Bonchev–Trinajstić information content (AvgIpc) is 3.40. The summed E-state index contributed by atoms with van der Waals surface area (Å²) >= 11 is 0. The van der Waals surface area contributed by atoms with Gasteiger partial charge in [-0.05, 0) is 63.9 Å². The first-order chi connectivity index (χ1) is 17.5. The van der Waals surface area contributed by atoms with E-state index in [9.17, 15) is 0 Å². The second kappa shape index (κ2) is 8.06. The van der Waals surface area contributed by atoms with Gasteiger partial charge in [0.25, 0.3) is 0 Å². The highest BCUT2D eigenvalue weighted by Crippen LogP contribution is 2.52. The molecule has 0 radical (unpaired) electrons. The van der Waals surface area contributed by atoms with Gasteiger partial charge in [-0.3, -0.25) is 0 Å². The fraction of sp³-hybridized carbons (Fsp3) is 0.324. The maximum atomic E-state index is 7.01. The molecule has 0 atom stereocenters. The van der Waals surface area contributed by atoms with Gasteiger partial charge in [0.05, 0.1) is 10.9 Å². The van der Waals surface area contributed by atoms with Crippen LogP contribution in [0.5, 0.6) is 11.5 Å². The molecule has 0 N–H and O–H groups in total. The molecule has 0 spiro atoms. The van der Waals surface area contributed by atoms with E-state index in [2.05, 4.69) is 93.2 Å². The van der Waals surface area contributed by atoms with Crippen LogP contribution in [0.2, 0.25) is 0 Å². The lowest BCUT2D eigenvalue weighted by atomic mass is 9.84. The lowest BCUT2D eigenvalue weighted by molar-refractivity contribution is -0.659. The fourth-order valence-electron chi connectivity index (χ4n) is 6.87. The van der Waals surface area contributed by atoms with Gasteiger partial charge in [0.1, 0.15) is 18.5 Å². The first-order valence-electron chi connectivity index (χ1n) is 13.6. The van der Waals surface area contributed by atoms with Crippen molar-refractivity contribution < 1.29 is 9.30 Å². The lowest BCUT2D eigenvalue weighted by Gasteiger charge is -2.26. The quantitative estimate of drug-likeness (QED) is 0.185. The van der Waals surface area contributed by atoms with E-state index in [1.54, 1.807) is 0 Å². The van der Waals surface area contributed by atoms with Gasteiger partial charge in [-0.1, -0.05) is 82.0 Å². The Hall–Kier alpha value is -3.39. The second-order valence-electron chi connectivity index (χ2n) is 11.4. The van der Waals surface area contributed by atoms with Crippen molar-refractivity contribution in [3.05, 3.63) is 77.5 Å².